The van der Waals surface area contributed by atoms with Gasteiger partial charge in [0.25, 0.3) is 0 Å². The van der Waals surface area contributed by atoms with Gasteiger partial charge < -0.3 is 9.29 Å². The first-order valence-electron chi connectivity index (χ1n) is 5.59. The largest absolute Gasteiger partial charge is 0.476 e. The van der Waals surface area contributed by atoms with Crippen LogP contribution in [0.5, 0.6) is 5.75 Å². The summed E-state index contributed by atoms with van der Waals surface area (Å²) >= 11 is 0. The van der Waals surface area contributed by atoms with Gasteiger partial charge in [-0.15, -0.1) is 0 Å². The van der Waals surface area contributed by atoms with Gasteiger partial charge >= 0.3 is 16.1 Å². The molecule has 0 amide bonds. The number of nitrogens with zero attached hydrogens (tertiary/aromatic N) is 1. The Hall–Kier alpha value is -2.41. The van der Waals surface area contributed by atoms with Crippen LogP contribution in [0.4, 0.5) is 0 Å². The average molecular weight is 293 g/mol. The molecule has 0 fully saturated rings. The van der Waals surface area contributed by atoms with Gasteiger partial charge in [-0.1, -0.05) is 17.7 Å². The van der Waals surface area contributed by atoms with Crippen molar-refractivity contribution >= 4 is 16.1 Å². The van der Waals surface area contributed by atoms with Gasteiger partial charge in [0.2, 0.25) is 0 Å². The number of aromatic carboxylic acids is 1. The van der Waals surface area contributed by atoms with Crippen LogP contribution < -0.4 is 4.18 Å². The fraction of sp³-hybridized carbons (Fsp3) is 0.0769. The first kappa shape index (κ1) is 14.0. The van der Waals surface area contributed by atoms with Crippen LogP contribution in [0.25, 0.3) is 0 Å². The first-order valence-corrected chi connectivity index (χ1v) is 7.00. The summed E-state index contributed by atoms with van der Waals surface area (Å²) in [5.41, 5.74) is 0.444. The summed E-state index contributed by atoms with van der Waals surface area (Å²) in [6.07, 6.45) is 1.24. The van der Waals surface area contributed by atoms with E-state index in [1.54, 1.807) is 12.1 Å². The SMILES string of the molecule is Cc1ccc(S(=O)(=O)Oc2cccnc2C(=O)O)cc1. The van der Waals surface area contributed by atoms with Crippen LogP contribution in [-0.2, 0) is 10.1 Å². The third-order valence-corrected chi connectivity index (χ3v) is 3.73. The Kier molecular flexibility index (Phi) is 3.71. The minimum atomic E-state index is -4.09. The molecular weight excluding hydrogens is 282 g/mol. The summed E-state index contributed by atoms with van der Waals surface area (Å²) in [6, 6.07) is 8.66. The lowest BCUT2D eigenvalue weighted by Crippen LogP contribution is -2.13. The number of rotatable bonds is 4. The van der Waals surface area contributed by atoms with Crippen molar-refractivity contribution in [1.82, 2.24) is 4.98 Å². The van der Waals surface area contributed by atoms with E-state index in [0.29, 0.717) is 0 Å². The molecule has 0 unspecified atom stereocenters. The second-order valence-electron chi connectivity index (χ2n) is 4.01. The Bertz CT molecular complexity index is 738. The van der Waals surface area contributed by atoms with Crippen molar-refractivity contribution in [2.45, 2.75) is 11.8 Å². The number of hydrogen-bond acceptors (Lipinski definition) is 5. The monoisotopic (exact) mass is 293 g/mol. The molecule has 2 rings (SSSR count). The third-order valence-electron chi connectivity index (χ3n) is 2.48. The predicted octanol–water partition coefficient (Wildman–Crippen LogP) is 1.86. The Balaban J connectivity index is 2.38. The smallest absolute Gasteiger partial charge is 0.358 e. The summed E-state index contributed by atoms with van der Waals surface area (Å²) in [5, 5.41) is 8.93. The second-order valence-corrected chi connectivity index (χ2v) is 5.55. The van der Waals surface area contributed by atoms with Gasteiger partial charge in [0.05, 0.1) is 0 Å². The van der Waals surface area contributed by atoms with Crippen molar-refractivity contribution in [3.8, 4) is 5.75 Å². The Morgan fingerprint density at radius 2 is 1.85 bits per heavy atom. The number of carboxylic acid groups (broad SMARTS) is 1. The molecule has 0 bridgehead atoms. The molecule has 7 heteroatoms. The zero-order valence-electron chi connectivity index (χ0n) is 10.5. The van der Waals surface area contributed by atoms with E-state index in [2.05, 4.69) is 4.98 Å². The molecule has 0 spiro atoms. The minimum absolute atomic E-state index is 0.0525. The molecule has 1 aromatic heterocycles. The molecule has 1 N–H and O–H groups in total. The normalized spacial score (nSPS) is 11.1. The van der Waals surface area contributed by atoms with Crippen molar-refractivity contribution in [3.63, 3.8) is 0 Å². The molecule has 0 aliphatic rings. The quantitative estimate of drug-likeness (QED) is 0.865. The molecule has 6 nitrogen and oxygen atoms in total. The van der Waals surface area contributed by atoms with Crippen LogP contribution in [0, 0.1) is 6.92 Å². The number of aryl methyl sites for hydroxylation is 1. The molecule has 0 aliphatic carbocycles. The van der Waals surface area contributed by atoms with Crippen LogP contribution >= 0.6 is 0 Å². The van der Waals surface area contributed by atoms with Gasteiger partial charge in [-0.2, -0.15) is 8.42 Å². The maximum Gasteiger partial charge on any atom is 0.358 e. The highest BCUT2D eigenvalue weighted by Gasteiger charge is 2.21. The van der Waals surface area contributed by atoms with Crippen molar-refractivity contribution in [3.05, 3.63) is 53.9 Å². The van der Waals surface area contributed by atoms with Crippen LogP contribution in [0.1, 0.15) is 16.1 Å². The Morgan fingerprint density at radius 3 is 2.45 bits per heavy atom. The fourth-order valence-corrected chi connectivity index (χ4v) is 2.43. The lowest BCUT2D eigenvalue weighted by Gasteiger charge is -2.08. The number of carboxylic acids is 1. The maximum atomic E-state index is 12.0. The van der Waals surface area contributed by atoms with Crippen molar-refractivity contribution in [2.75, 3.05) is 0 Å². The summed E-state index contributed by atoms with van der Waals surface area (Å²) < 4.78 is 28.9. The van der Waals surface area contributed by atoms with E-state index in [4.69, 9.17) is 9.29 Å². The highest BCUT2D eigenvalue weighted by molar-refractivity contribution is 7.87. The number of benzene rings is 1. The van der Waals surface area contributed by atoms with E-state index in [9.17, 15) is 13.2 Å². The average Bonchev–Trinajstić information content (AvgIpc) is 2.39. The zero-order valence-corrected chi connectivity index (χ0v) is 11.3. The van der Waals surface area contributed by atoms with Crippen molar-refractivity contribution in [2.24, 2.45) is 0 Å². The maximum absolute atomic E-state index is 12.0. The van der Waals surface area contributed by atoms with Gasteiger partial charge in [0.1, 0.15) is 4.90 Å². The summed E-state index contributed by atoms with van der Waals surface area (Å²) in [6.45, 7) is 1.82. The number of pyridine rings is 1. The molecule has 20 heavy (non-hydrogen) atoms. The summed E-state index contributed by atoms with van der Waals surface area (Å²) in [5.74, 6) is -1.68. The van der Waals surface area contributed by atoms with E-state index in [0.717, 1.165) is 5.56 Å². The Labute approximate surface area is 115 Å². The molecule has 0 radical (unpaired) electrons. The highest BCUT2D eigenvalue weighted by atomic mass is 32.2. The van der Waals surface area contributed by atoms with E-state index < -0.39 is 21.8 Å². The van der Waals surface area contributed by atoms with Crippen LogP contribution in [0.3, 0.4) is 0 Å². The number of carbonyl (C=O) groups is 1. The molecular formula is C13H11NO5S. The van der Waals surface area contributed by atoms with Gasteiger partial charge in [-0.25, -0.2) is 9.78 Å². The zero-order chi connectivity index (χ0) is 14.8. The standard InChI is InChI=1S/C13H11NO5S/c1-9-4-6-10(7-5-9)20(17,18)19-11-3-2-8-14-12(11)13(15)16/h2-8H,1H3,(H,15,16). The van der Waals surface area contributed by atoms with E-state index in [1.807, 2.05) is 6.92 Å². The van der Waals surface area contributed by atoms with Crippen LogP contribution in [0.15, 0.2) is 47.5 Å². The summed E-state index contributed by atoms with van der Waals surface area (Å²) in [7, 11) is -4.09. The lowest BCUT2D eigenvalue weighted by molar-refractivity contribution is 0.0688. The molecule has 0 atom stereocenters. The molecule has 0 saturated heterocycles. The molecule has 1 heterocycles. The molecule has 0 saturated carbocycles. The van der Waals surface area contributed by atoms with Crippen molar-refractivity contribution in [1.29, 1.82) is 0 Å². The number of aromatic nitrogens is 1. The fourth-order valence-electron chi connectivity index (χ4n) is 1.49. The lowest BCUT2D eigenvalue weighted by atomic mass is 10.2. The van der Waals surface area contributed by atoms with Gasteiger partial charge in [0, 0.05) is 6.20 Å². The molecule has 1 aromatic carbocycles. The molecule has 2 aromatic rings. The molecule has 104 valence electrons. The molecule has 0 aliphatic heterocycles. The topological polar surface area (TPSA) is 93.6 Å². The minimum Gasteiger partial charge on any atom is -0.476 e. The van der Waals surface area contributed by atoms with Crippen LogP contribution in [-0.4, -0.2) is 24.5 Å². The second kappa shape index (κ2) is 5.30. The van der Waals surface area contributed by atoms with E-state index in [-0.39, 0.29) is 10.6 Å². The van der Waals surface area contributed by atoms with Gasteiger partial charge in [0.15, 0.2) is 11.4 Å². The van der Waals surface area contributed by atoms with Crippen LogP contribution in [0.2, 0.25) is 0 Å². The Morgan fingerprint density at radius 1 is 1.20 bits per heavy atom. The highest BCUT2D eigenvalue weighted by Crippen LogP contribution is 2.21. The van der Waals surface area contributed by atoms with Gasteiger partial charge in [-0.05, 0) is 31.2 Å². The van der Waals surface area contributed by atoms with E-state index >= 15 is 0 Å². The first-order chi connectivity index (χ1) is 9.40. The van der Waals surface area contributed by atoms with E-state index in [1.165, 1.54) is 30.5 Å². The summed E-state index contributed by atoms with van der Waals surface area (Å²) in [4.78, 5) is 14.5. The number of hydrogen-bond donors (Lipinski definition) is 1. The predicted molar refractivity (Wildman–Crippen MR) is 70.2 cm³/mol. The third kappa shape index (κ3) is 2.94. The van der Waals surface area contributed by atoms with Crippen molar-refractivity contribution < 1.29 is 22.5 Å². The van der Waals surface area contributed by atoms with Gasteiger partial charge in [-0.3, -0.25) is 0 Å².